The highest BCUT2D eigenvalue weighted by atomic mass is 16.2. The van der Waals surface area contributed by atoms with Crippen LogP contribution in [0, 0.1) is 0 Å². The van der Waals surface area contributed by atoms with Crippen LogP contribution in [0.3, 0.4) is 0 Å². The summed E-state index contributed by atoms with van der Waals surface area (Å²) in [6, 6.07) is 14.1. The number of hydrogen-bond acceptors (Lipinski definition) is 3. The van der Waals surface area contributed by atoms with Crippen LogP contribution in [0.5, 0.6) is 0 Å². The second-order valence-corrected chi connectivity index (χ2v) is 6.18. The molecule has 1 N–H and O–H groups in total. The maximum atomic E-state index is 12.5. The molecule has 4 rings (SSSR count). The summed E-state index contributed by atoms with van der Waals surface area (Å²) < 4.78 is 0. The number of hydrogen-bond donors (Lipinski definition) is 1. The summed E-state index contributed by atoms with van der Waals surface area (Å²) >= 11 is 0. The molecule has 2 aliphatic rings. The molecule has 0 aliphatic carbocycles. The maximum Gasteiger partial charge on any atom is 0.235 e. The third-order valence-corrected chi connectivity index (χ3v) is 4.95. The molecule has 0 unspecified atom stereocenters. The Kier molecular flexibility index (Phi) is 3.19. The van der Waals surface area contributed by atoms with E-state index in [1.54, 1.807) is 0 Å². The van der Waals surface area contributed by atoms with Gasteiger partial charge in [0.25, 0.3) is 0 Å². The lowest BCUT2D eigenvalue weighted by Gasteiger charge is -2.37. The molecule has 0 atom stereocenters. The zero-order valence-corrected chi connectivity index (χ0v) is 12.5. The third kappa shape index (κ3) is 2.11. The van der Waals surface area contributed by atoms with Crippen molar-refractivity contribution in [2.45, 2.75) is 24.8 Å². The Morgan fingerprint density at radius 1 is 1.09 bits per heavy atom. The fourth-order valence-electron chi connectivity index (χ4n) is 3.68. The van der Waals surface area contributed by atoms with Crippen LogP contribution in [0.15, 0.2) is 48.7 Å². The second kappa shape index (κ2) is 5.21. The van der Waals surface area contributed by atoms with E-state index in [1.807, 2.05) is 36.5 Å². The van der Waals surface area contributed by atoms with Gasteiger partial charge in [0.2, 0.25) is 5.91 Å². The third-order valence-electron chi connectivity index (χ3n) is 4.95. The average Bonchev–Trinajstić information content (AvgIpc) is 2.83. The van der Waals surface area contributed by atoms with E-state index in [1.165, 1.54) is 5.56 Å². The quantitative estimate of drug-likeness (QED) is 0.925. The van der Waals surface area contributed by atoms with Crippen molar-refractivity contribution >= 4 is 11.6 Å². The van der Waals surface area contributed by atoms with Gasteiger partial charge in [0.1, 0.15) is 0 Å². The minimum absolute atomic E-state index is 0.172. The van der Waals surface area contributed by atoms with Gasteiger partial charge in [0, 0.05) is 18.4 Å². The molecule has 0 bridgehead atoms. The Morgan fingerprint density at radius 2 is 1.86 bits per heavy atom. The Bertz CT molecular complexity index is 690. The summed E-state index contributed by atoms with van der Waals surface area (Å²) in [6.45, 7) is 2.72. The number of aromatic nitrogens is 1. The number of amides is 1. The van der Waals surface area contributed by atoms with Crippen LogP contribution in [0.2, 0.25) is 0 Å². The van der Waals surface area contributed by atoms with Crippen LogP contribution in [-0.2, 0) is 16.8 Å². The zero-order chi connectivity index (χ0) is 15.0. The number of benzene rings is 1. The van der Waals surface area contributed by atoms with Crippen molar-refractivity contribution in [3.63, 3.8) is 0 Å². The van der Waals surface area contributed by atoms with Crippen LogP contribution >= 0.6 is 0 Å². The summed E-state index contributed by atoms with van der Waals surface area (Å²) in [5, 5.41) is 3.05. The molecule has 3 heterocycles. The van der Waals surface area contributed by atoms with Crippen molar-refractivity contribution in [1.82, 2.24) is 9.88 Å². The second-order valence-electron chi connectivity index (χ2n) is 6.18. The monoisotopic (exact) mass is 293 g/mol. The normalized spacial score (nSPS) is 19.9. The molecule has 22 heavy (non-hydrogen) atoms. The van der Waals surface area contributed by atoms with Gasteiger partial charge in [-0.2, -0.15) is 0 Å². The van der Waals surface area contributed by atoms with Crippen molar-refractivity contribution < 1.29 is 4.79 Å². The van der Waals surface area contributed by atoms with Gasteiger partial charge in [-0.05, 0) is 49.7 Å². The fraction of sp³-hybridized carbons (Fsp3) is 0.333. The molecular formula is C18H19N3O. The van der Waals surface area contributed by atoms with E-state index in [9.17, 15) is 4.79 Å². The molecule has 1 spiro atoms. The summed E-state index contributed by atoms with van der Waals surface area (Å²) in [5.41, 5.74) is 2.94. The first-order valence-corrected chi connectivity index (χ1v) is 7.81. The van der Waals surface area contributed by atoms with E-state index < -0.39 is 0 Å². The number of carbonyl (C=O) groups is 1. The van der Waals surface area contributed by atoms with Gasteiger partial charge in [-0.3, -0.25) is 14.7 Å². The minimum Gasteiger partial charge on any atom is -0.325 e. The lowest BCUT2D eigenvalue weighted by Crippen LogP contribution is -2.46. The summed E-state index contributed by atoms with van der Waals surface area (Å²) in [7, 11) is 0. The SMILES string of the molecule is O=C1Nc2ccccc2C12CCN(Cc1ccccn1)CC2. The predicted octanol–water partition coefficient (Wildman–Crippen LogP) is 2.57. The predicted molar refractivity (Wildman–Crippen MR) is 85.5 cm³/mol. The molecule has 112 valence electrons. The van der Waals surface area contributed by atoms with Gasteiger partial charge in [-0.1, -0.05) is 24.3 Å². The average molecular weight is 293 g/mol. The highest BCUT2D eigenvalue weighted by Gasteiger charge is 2.48. The van der Waals surface area contributed by atoms with Crippen molar-refractivity contribution in [1.29, 1.82) is 0 Å². The lowest BCUT2D eigenvalue weighted by molar-refractivity contribution is -0.122. The first kappa shape index (κ1) is 13.5. The molecule has 1 amide bonds. The van der Waals surface area contributed by atoms with Crippen molar-refractivity contribution in [3.05, 3.63) is 59.9 Å². The molecule has 1 saturated heterocycles. The van der Waals surface area contributed by atoms with Gasteiger partial charge in [-0.25, -0.2) is 0 Å². The van der Waals surface area contributed by atoms with E-state index in [0.29, 0.717) is 0 Å². The van der Waals surface area contributed by atoms with Crippen LogP contribution in [0.1, 0.15) is 24.1 Å². The Labute approximate surface area is 130 Å². The Hall–Kier alpha value is -2.20. The first-order chi connectivity index (χ1) is 10.8. The van der Waals surface area contributed by atoms with Gasteiger partial charge >= 0.3 is 0 Å². The molecule has 2 aliphatic heterocycles. The van der Waals surface area contributed by atoms with E-state index in [2.05, 4.69) is 27.3 Å². The molecule has 1 aromatic heterocycles. The van der Waals surface area contributed by atoms with Gasteiger partial charge in [-0.15, -0.1) is 0 Å². The summed E-state index contributed by atoms with van der Waals surface area (Å²) in [5.74, 6) is 0.172. The van der Waals surface area contributed by atoms with Crippen molar-refractivity contribution in [2.24, 2.45) is 0 Å². The number of nitrogens with one attached hydrogen (secondary N) is 1. The van der Waals surface area contributed by atoms with E-state index in [0.717, 1.165) is 43.9 Å². The number of pyridine rings is 1. The highest BCUT2D eigenvalue weighted by molar-refractivity contribution is 6.06. The molecule has 1 fully saturated rings. The summed E-state index contributed by atoms with van der Waals surface area (Å²) in [4.78, 5) is 19.3. The highest BCUT2D eigenvalue weighted by Crippen LogP contribution is 2.44. The van der Waals surface area contributed by atoms with Gasteiger partial charge in [0.15, 0.2) is 0 Å². The van der Waals surface area contributed by atoms with E-state index >= 15 is 0 Å². The topological polar surface area (TPSA) is 45.2 Å². The minimum atomic E-state index is -0.322. The number of rotatable bonds is 2. The molecule has 0 radical (unpaired) electrons. The van der Waals surface area contributed by atoms with E-state index in [-0.39, 0.29) is 11.3 Å². The fourth-order valence-corrected chi connectivity index (χ4v) is 3.68. The summed E-state index contributed by atoms with van der Waals surface area (Å²) in [6.07, 6.45) is 3.59. The molecule has 4 nitrogen and oxygen atoms in total. The maximum absolute atomic E-state index is 12.5. The number of piperidine rings is 1. The van der Waals surface area contributed by atoms with Gasteiger partial charge < -0.3 is 5.32 Å². The van der Waals surface area contributed by atoms with Crippen molar-refractivity contribution in [3.8, 4) is 0 Å². The number of anilines is 1. The lowest BCUT2D eigenvalue weighted by atomic mass is 9.73. The number of nitrogens with zero attached hydrogens (tertiary/aromatic N) is 2. The number of carbonyl (C=O) groups excluding carboxylic acids is 1. The molecule has 4 heteroatoms. The molecule has 2 aromatic rings. The standard InChI is InChI=1S/C18H19N3O/c22-17-18(15-6-1-2-7-16(15)20-17)8-11-21(12-9-18)13-14-5-3-4-10-19-14/h1-7,10H,8-9,11-13H2,(H,20,22). The van der Waals surface area contributed by atoms with Crippen molar-refractivity contribution in [2.75, 3.05) is 18.4 Å². The Morgan fingerprint density at radius 3 is 2.64 bits per heavy atom. The Balaban J connectivity index is 1.51. The van der Waals surface area contributed by atoms with Crippen LogP contribution < -0.4 is 5.32 Å². The van der Waals surface area contributed by atoms with Crippen LogP contribution in [0.4, 0.5) is 5.69 Å². The largest absolute Gasteiger partial charge is 0.325 e. The molecule has 1 aromatic carbocycles. The van der Waals surface area contributed by atoms with E-state index in [4.69, 9.17) is 0 Å². The molecular weight excluding hydrogens is 274 g/mol. The smallest absolute Gasteiger partial charge is 0.235 e. The van der Waals surface area contributed by atoms with Gasteiger partial charge in [0.05, 0.1) is 11.1 Å². The first-order valence-electron chi connectivity index (χ1n) is 7.81. The zero-order valence-electron chi connectivity index (χ0n) is 12.5. The number of para-hydroxylation sites is 1. The number of fused-ring (bicyclic) bond motifs is 2. The number of likely N-dealkylation sites (tertiary alicyclic amines) is 1. The van der Waals surface area contributed by atoms with Crippen LogP contribution in [0.25, 0.3) is 0 Å². The van der Waals surface area contributed by atoms with Crippen LogP contribution in [-0.4, -0.2) is 28.9 Å². The molecule has 0 saturated carbocycles.